The van der Waals surface area contributed by atoms with Crippen molar-refractivity contribution in [3.63, 3.8) is 0 Å². The van der Waals surface area contributed by atoms with E-state index in [-0.39, 0.29) is 5.91 Å². The first-order chi connectivity index (χ1) is 9.69. The van der Waals surface area contributed by atoms with Crippen LogP contribution in [0.1, 0.15) is 12.0 Å². The third-order valence-corrected chi connectivity index (χ3v) is 2.88. The minimum Gasteiger partial charge on any atom is -0.325 e. The van der Waals surface area contributed by atoms with Crippen LogP contribution in [-0.2, 0) is 11.3 Å². The number of aromatic nitrogens is 2. The molecule has 2 rings (SSSR count). The molecule has 0 aliphatic carbocycles. The van der Waals surface area contributed by atoms with E-state index in [1.54, 1.807) is 12.3 Å². The second-order valence-electron chi connectivity index (χ2n) is 4.52. The molecular formula is C15H18N4O. The molecule has 2 aromatic rings. The molecule has 5 heteroatoms. The second kappa shape index (κ2) is 6.68. The third-order valence-electron chi connectivity index (χ3n) is 2.88. The highest BCUT2D eigenvalue weighted by molar-refractivity contribution is 5.94. The van der Waals surface area contributed by atoms with Gasteiger partial charge in [-0.15, -0.1) is 6.58 Å². The van der Waals surface area contributed by atoms with Gasteiger partial charge >= 0.3 is 0 Å². The molecule has 5 nitrogen and oxygen atoms in total. The van der Waals surface area contributed by atoms with Gasteiger partial charge in [-0.2, -0.15) is 5.10 Å². The summed E-state index contributed by atoms with van der Waals surface area (Å²) in [5.74, 6) is -0.204. The zero-order valence-corrected chi connectivity index (χ0v) is 11.2. The van der Waals surface area contributed by atoms with Crippen molar-refractivity contribution in [2.24, 2.45) is 5.73 Å². The zero-order chi connectivity index (χ0) is 14.4. The van der Waals surface area contributed by atoms with Gasteiger partial charge in [0.25, 0.3) is 0 Å². The predicted octanol–water partition coefficient (Wildman–Crippen LogP) is 1.77. The van der Waals surface area contributed by atoms with Crippen molar-refractivity contribution in [2.45, 2.75) is 19.0 Å². The van der Waals surface area contributed by atoms with Gasteiger partial charge in [0, 0.05) is 18.1 Å². The van der Waals surface area contributed by atoms with Gasteiger partial charge in [0.1, 0.15) is 0 Å². The molecule has 104 valence electrons. The van der Waals surface area contributed by atoms with Crippen molar-refractivity contribution in [2.75, 3.05) is 5.32 Å². The van der Waals surface area contributed by atoms with Crippen LogP contribution in [0, 0.1) is 0 Å². The van der Waals surface area contributed by atoms with Crippen LogP contribution >= 0.6 is 0 Å². The topological polar surface area (TPSA) is 72.9 Å². The zero-order valence-electron chi connectivity index (χ0n) is 11.2. The van der Waals surface area contributed by atoms with Crippen molar-refractivity contribution in [3.8, 4) is 0 Å². The summed E-state index contributed by atoms with van der Waals surface area (Å²) in [6.07, 6.45) is 5.75. The summed E-state index contributed by atoms with van der Waals surface area (Å²) in [5, 5.41) is 6.93. The van der Waals surface area contributed by atoms with Gasteiger partial charge < -0.3 is 11.1 Å². The molecule has 1 unspecified atom stereocenters. The molecule has 0 aliphatic rings. The van der Waals surface area contributed by atoms with Crippen molar-refractivity contribution < 1.29 is 4.79 Å². The van der Waals surface area contributed by atoms with E-state index in [2.05, 4.69) is 17.0 Å². The minimum absolute atomic E-state index is 0.204. The van der Waals surface area contributed by atoms with Gasteiger partial charge in [-0.05, 0) is 30.2 Å². The highest BCUT2D eigenvalue weighted by atomic mass is 16.2. The fourth-order valence-electron chi connectivity index (χ4n) is 1.80. The van der Waals surface area contributed by atoms with Gasteiger partial charge in [0.05, 0.1) is 12.6 Å². The lowest BCUT2D eigenvalue weighted by atomic mass is 10.2. The molecule has 0 aliphatic heterocycles. The molecule has 1 aromatic carbocycles. The van der Waals surface area contributed by atoms with E-state index in [4.69, 9.17) is 5.73 Å². The van der Waals surface area contributed by atoms with Crippen molar-refractivity contribution >= 4 is 11.6 Å². The molecule has 0 fully saturated rings. The van der Waals surface area contributed by atoms with E-state index in [1.807, 2.05) is 41.2 Å². The second-order valence-corrected chi connectivity index (χ2v) is 4.52. The maximum atomic E-state index is 11.7. The van der Waals surface area contributed by atoms with Gasteiger partial charge in [0.15, 0.2) is 0 Å². The van der Waals surface area contributed by atoms with Crippen LogP contribution in [0.15, 0.2) is 55.4 Å². The first-order valence-corrected chi connectivity index (χ1v) is 6.43. The molecule has 3 N–H and O–H groups in total. The number of nitrogens with zero attached hydrogens (tertiary/aromatic N) is 2. The number of carbonyl (C=O) groups is 1. The summed E-state index contributed by atoms with van der Waals surface area (Å²) in [7, 11) is 0. The first-order valence-electron chi connectivity index (χ1n) is 6.43. The van der Waals surface area contributed by atoms with Gasteiger partial charge in [-0.3, -0.25) is 9.48 Å². The van der Waals surface area contributed by atoms with Gasteiger partial charge in [-0.1, -0.05) is 18.2 Å². The molecule has 1 aromatic heterocycles. The maximum Gasteiger partial charge on any atom is 0.241 e. The van der Waals surface area contributed by atoms with E-state index < -0.39 is 6.04 Å². The number of nitrogens with two attached hydrogens (primary N) is 1. The SMILES string of the molecule is C=CCC(N)C(=O)Nc1ccc(Cn2cccn2)cc1. The van der Waals surface area contributed by atoms with Crippen LogP contribution < -0.4 is 11.1 Å². The lowest BCUT2D eigenvalue weighted by Gasteiger charge is -2.10. The van der Waals surface area contributed by atoms with E-state index in [1.165, 1.54) is 0 Å². The monoisotopic (exact) mass is 270 g/mol. The Labute approximate surface area is 118 Å². The Bertz CT molecular complexity index is 560. The van der Waals surface area contributed by atoms with Gasteiger partial charge in [-0.25, -0.2) is 0 Å². The van der Waals surface area contributed by atoms with Gasteiger partial charge in [0.2, 0.25) is 5.91 Å². The molecule has 1 atom stereocenters. The Morgan fingerprint density at radius 3 is 2.80 bits per heavy atom. The molecule has 1 heterocycles. The number of anilines is 1. The first kappa shape index (κ1) is 14.0. The van der Waals surface area contributed by atoms with E-state index >= 15 is 0 Å². The molecule has 1 amide bonds. The normalized spacial score (nSPS) is 11.8. The average Bonchev–Trinajstić information content (AvgIpc) is 2.94. The van der Waals surface area contributed by atoms with E-state index in [0.29, 0.717) is 13.0 Å². The van der Waals surface area contributed by atoms with Crippen molar-refractivity contribution in [1.29, 1.82) is 0 Å². The number of hydrogen-bond donors (Lipinski definition) is 2. The fraction of sp³-hybridized carbons (Fsp3) is 0.200. The molecule has 0 spiro atoms. The van der Waals surface area contributed by atoms with Crippen molar-refractivity contribution in [3.05, 3.63) is 60.9 Å². The molecular weight excluding hydrogens is 252 g/mol. The van der Waals surface area contributed by atoms with Crippen LogP contribution in [0.4, 0.5) is 5.69 Å². The molecule has 0 bridgehead atoms. The number of carbonyl (C=O) groups excluding carboxylic acids is 1. The summed E-state index contributed by atoms with van der Waals surface area (Å²) in [4.78, 5) is 11.7. The van der Waals surface area contributed by atoms with Crippen LogP contribution in [0.25, 0.3) is 0 Å². The molecule has 0 radical (unpaired) electrons. The van der Waals surface area contributed by atoms with Crippen LogP contribution in [0.5, 0.6) is 0 Å². The Kier molecular flexibility index (Phi) is 4.68. The number of amides is 1. The van der Waals surface area contributed by atoms with Crippen molar-refractivity contribution in [1.82, 2.24) is 9.78 Å². The number of rotatable bonds is 6. The number of hydrogen-bond acceptors (Lipinski definition) is 3. The third kappa shape index (κ3) is 3.80. The van der Waals surface area contributed by atoms with Crippen LogP contribution in [-0.4, -0.2) is 21.7 Å². The molecule has 0 saturated carbocycles. The standard InChI is InChI=1S/C15H18N4O/c1-2-4-14(16)15(20)18-13-7-5-12(6-8-13)11-19-10-3-9-17-19/h2-3,5-10,14H,1,4,11,16H2,(H,18,20). The largest absolute Gasteiger partial charge is 0.325 e. The summed E-state index contributed by atoms with van der Waals surface area (Å²) < 4.78 is 1.84. The summed E-state index contributed by atoms with van der Waals surface area (Å²) in [6.45, 7) is 4.27. The Hall–Kier alpha value is -2.40. The predicted molar refractivity (Wildman–Crippen MR) is 79.2 cm³/mol. The quantitative estimate of drug-likeness (QED) is 0.786. The van der Waals surface area contributed by atoms with Crippen LogP contribution in [0.2, 0.25) is 0 Å². The lowest BCUT2D eigenvalue weighted by molar-refractivity contribution is -0.117. The lowest BCUT2D eigenvalue weighted by Crippen LogP contribution is -2.35. The summed E-state index contributed by atoms with van der Waals surface area (Å²) in [6, 6.07) is 8.95. The minimum atomic E-state index is -0.559. The maximum absolute atomic E-state index is 11.7. The highest BCUT2D eigenvalue weighted by Gasteiger charge is 2.11. The molecule has 0 saturated heterocycles. The smallest absolute Gasteiger partial charge is 0.241 e. The average molecular weight is 270 g/mol. The summed E-state index contributed by atoms with van der Waals surface area (Å²) >= 11 is 0. The Morgan fingerprint density at radius 1 is 1.45 bits per heavy atom. The Morgan fingerprint density at radius 2 is 2.20 bits per heavy atom. The van der Waals surface area contributed by atoms with E-state index in [0.717, 1.165) is 11.3 Å². The van der Waals surface area contributed by atoms with Crippen LogP contribution in [0.3, 0.4) is 0 Å². The number of nitrogens with one attached hydrogen (secondary N) is 1. The Balaban J connectivity index is 1.94. The summed E-state index contributed by atoms with van der Waals surface area (Å²) in [5.41, 5.74) is 7.55. The van der Waals surface area contributed by atoms with E-state index in [9.17, 15) is 4.79 Å². The highest BCUT2D eigenvalue weighted by Crippen LogP contribution is 2.11. The molecule has 20 heavy (non-hydrogen) atoms. The fourth-order valence-corrected chi connectivity index (χ4v) is 1.80. The number of benzene rings is 1.